The fourth-order valence-electron chi connectivity index (χ4n) is 17.6. The van der Waals surface area contributed by atoms with Crippen LogP contribution in [0.3, 0.4) is 0 Å². The highest BCUT2D eigenvalue weighted by molar-refractivity contribution is 5.60. The largest absolute Gasteiger partial charge is 0.493 e. The quantitative estimate of drug-likeness (QED) is 0.0264. The molecular weight excluding hydrogens is 1700 g/mol. The maximum atomic E-state index is 7.38. The first kappa shape index (κ1) is 94.4. The number of benzene rings is 5. The molecule has 710 valence electrons. The van der Waals surface area contributed by atoms with Gasteiger partial charge < -0.3 is 47.4 Å². The Hall–Kier alpha value is -13.8. The predicted octanol–water partition coefficient (Wildman–Crippen LogP) is 8.91. The summed E-state index contributed by atoms with van der Waals surface area (Å²) in [5.41, 5.74) is 9.37. The summed E-state index contributed by atoms with van der Waals surface area (Å²) in [5.74, 6) is 7.41. The van der Waals surface area contributed by atoms with Gasteiger partial charge in [0, 0.05) is 152 Å². The zero-order chi connectivity index (χ0) is 93.2. The molecular formula is C105H140N20O10+10. The molecule has 0 saturated heterocycles. The lowest BCUT2D eigenvalue weighted by molar-refractivity contribution is -0.671. The lowest BCUT2D eigenvalue weighted by atomic mass is 9.94. The summed E-state index contributed by atoms with van der Waals surface area (Å²) in [7, 11) is 20.6. The van der Waals surface area contributed by atoms with Gasteiger partial charge in [0.15, 0.2) is 0 Å². The molecule has 0 aliphatic heterocycles. The number of ether oxygens (including phenoxy) is 10. The van der Waals surface area contributed by atoms with Crippen molar-refractivity contribution in [3.8, 4) is 57.5 Å². The molecule has 15 aromatic rings. The van der Waals surface area contributed by atoms with Crippen molar-refractivity contribution in [3.63, 3.8) is 0 Å². The minimum Gasteiger partial charge on any atom is -0.493 e. The van der Waals surface area contributed by atoms with Crippen LogP contribution in [-0.2, 0) is 168 Å². The van der Waals surface area contributed by atoms with Crippen LogP contribution in [-0.4, -0.2) is 112 Å². The maximum Gasteiger partial charge on any atom is 0.243 e. The molecule has 30 nitrogen and oxygen atoms in total. The monoisotopic (exact) mass is 1840 g/mol. The molecule has 0 radical (unpaired) electrons. The number of nitrogens with zero attached hydrogens (tertiary/aromatic N) is 20. The molecule has 0 unspecified atom stereocenters. The SMILES string of the molecule is C[n+]1ccn(CCCOc2cc3c(OCCCn4cc[n+](C)c4)cc2Cc2cc(OCCCn4cc[n+](C)c4)c(cc2OCCCn2cc[n+](C)c2)Cc2cc(OCCCn4cc[n+](C)c4)c(cc2OCCCn2cc[n+](C)c2)Cc2cc(OCCCn4cc[n+](C)c4)c(cc2OCCCn2cc[n+](C)c2)Cc2cc(OCCCn4cc[n+](C)c4)c(cc2OCCCn2cc[n+](C)c2)C3)c1. The van der Waals surface area contributed by atoms with Crippen molar-refractivity contribution in [2.75, 3.05) is 66.1 Å². The van der Waals surface area contributed by atoms with Gasteiger partial charge in [-0.2, -0.15) is 0 Å². The van der Waals surface area contributed by atoms with Gasteiger partial charge in [-0.1, -0.05) is 0 Å². The minimum atomic E-state index is 0.400. The Kier molecular flexibility index (Phi) is 32.7. The van der Waals surface area contributed by atoms with Crippen molar-refractivity contribution in [1.29, 1.82) is 0 Å². The Morgan fingerprint density at radius 2 is 0.259 bits per heavy atom. The van der Waals surface area contributed by atoms with Crippen molar-refractivity contribution < 1.29 is 93.0 Å². The van der Waals surface area contributed by atoms with Gasteiger partial charge in [-0.3, -0.25) is 0 Å². The average molecular weight is 1840 g/mol. The Balaban J connectivity index is 0.907. The van der Waals surface area contributed by atoms with E-state index < -0.39 is 0 Å². The van der Waals surface area contributed by atoms with Crippen LogP contribution in [0.4, 0.5) is 0 Å². The summed E-state index contributed by atoms with van der Waals surface area (Å²) in [5, 5.41) is 0. The van der Waals surface area contributed by atoms with E-state index in [0.29, 0.717) is 98.2 Å². The van der Waals surface area contributed by atoms with E-state index in [-0.39, 0.29) is 0 Å². The van der Waals surface area contributed by atoms with Crippen LogP contribution in [0.1, 0.15) is 120 Å². The van der Waals surface area contributed by atoms with E-state index in [9.17, 15) is 0 Å². The standard InChI is InChI=1S/C105H140N20O10/c1-106-31-41-116(76-106)21-11-51-126-96-66-87-62-89-69-101(131-56-16-26-121-46-36-111(6)81-121)91(71-100(89)130-55-15-25-120-45-35-110(5)80-120)64-93-73-105(135-60-20-30-125-50-40-115(10)85-125)95(75-104(93)134-59-19-29-124-49-39-114(9)84-124)65-94-74-102(132-57-17-27-122-47-37-112(7)82-122)92(72-103(94)133-58-18-28-123-48-38-113(8)83-123)63-90-70-98(128-53-13-23-118-43-33-108(3)78-118)88(68-99(90)129-54-14-24-119-44-34-109(4)79-119)61-86(96)67-97(87)127-52-12-22-117-42-32-107(2)77-117/h31-50,66-85H,11-30,51-65H2,1-10H3/q+10. The molecule has 10 aromatic heterocycles. The average Bonchev–Trinajstić information content (AvgIpc) is 1.56. The Morgan fingerprint density at radius 3 is 0.341 bits per heavy atom. The Labute approximate surface area is 793 Å². The summed E-state index contributed by atoms with van der Waals surface area (Å²) < 4.78 is 117. The van der Waals surface area contributed by atoms with Gasteiger partial charge in [-0.25, -0.2) is 91.3 Å². The molecule has 10 bridgehead atoms. The van der Waals surface area contributed by atoms with Gasteiger partial charge in [-0.05, 0) is 60.7 Å². The first-order chi connectivity index (χ1) is 65.8. The molecule has 0 spiro atoms. The second-order valence-electron chi connectivity index (χ2n) is 36.4. The molecule has 10 aliphatic carbocycles. The summed E-state index contributed by atoms with van der Waals surface area (Å²) in [6, 6.07) is 22.4. The van der Waals surface area contributed by atoms with Crippen LogP contribution in [0.25, 0.3) is 0 Å². The van der Waals surface area contributed by atoms with E-state index in [0.717, 1.165) is 243 Å². The molecule has 10 aliphatic rings. The van der Waals surface area contributed by atoms with E-state index in [1.807, 2.05) is 0 Å². The first-order valence-corrected chi connectivity index (χ1v) is 48.0. The fourth-order valence-corrected chi connectivity index (χ4v) is 17.6. The van der Waals surface area contributed by atoms with E-state index in [4.69, 9.17) is 47.4 Å². The summed E-state index contributed by atoms with van der Waals surface area (Å²) in [6.45, 7) is 11.9. The van der Waals surface area contributed by atoms with Crippen molar-refractivity contribution in [1.82, 2.24) is 45.7 Å². The Morgan fingerprint density at radius 1 is 0.163 bits per heavy atom. The number of imidazole rings is 10. The zero-order valence-corrected chi connectivity index (χ0v) is 80.9. The molecule has 135 heavy (non-hydrogen) atoms. The van der Waals surface area contributed by atoms with Crippen molar-refractivity contribution in [2.45, 2.75) is 162 Å². The van der Waals surface area contributed by atoms with Gasteiger partial charge >= 0.3 is 0 Å². The normalized spacial score (nSPS) is 12.1. The van der Waals surface area contributed by atoms with Gasteiger partial charge in [0.2, 0.25) is 63.3 Å². The first-order valence-electron chi connectivity index (χ1n) is 48.0. The zero-order valence-electron chi connectivity index (χ0n) is 80.9. The van der Waals surface area contributed by atoms with Crippen molar-refractivity contribution >= 4 is 0 Å². The molecule has 0 fully saturated rings. The second-order valence-corrected chi connectivity index (χ2v) is 36.4. The molecule has 10 heterocycles. The van der Waals surface area contributed by atoms with Gasteiger partial charge in [0.05, 0.1) is 202 Å². The highest BCUT2D eigenvalue weighted by atomic mass is 16.5. The Bertz CT molecular complexity index is 5060. The number of rotatable bonds is 50. The number of hydrogen-bond acceptors (Lipinski definition) is 10. The minimum absolute atomic E-state index is 0.400. The second kappa shape index (κ2) is 46.7. The lowest BCUT2D eigenvalue weighted by Crippen LogP contribution is -2.23. The van der Waals surface area contributed by atoms with Gasteiger partial charge in [-0.15, -0.1) is 0 Å². The fraction of sp³-hybridized carbons (Fsp3) is 0.429. The molecule has 0 atom stereocenters. The highest BCUT2D eigenvalue weighted by Crippen LogP contribution is 2.44. The van der Waals surface area contributed by atoms with Crippen molar-refractivity contribution in [2.24, 2.45) is 70.5 Å². The maximum absolute atomic E-state index is 7.38. The molecule has 0 saturated carbocycles. The highest BCUT2D eigenvalue weighted by Gasteiger charge is 2.28. The van der Waals surface area contributed by atoms with Crippen LogP contribution < -0.4 is 93.0 Å². The van der Waals surface area contributed by atoms with E-state index in [1.54, 1.807) is 0 Å². The molecule has 0 amide bonds. The van der Waals surface area contributed by atoms with Crippen LogP contribution >= 0.6 is 0 Å². The number of hydrogen-bond donors (Lipinski definition) is 0. The third kappa shape index (κ3) is 27.7. The predicted molar refractivity (Wildman–Crippen MR) is 503 cm³/mol. The van der Waals surface area contributed by atoms with Gasteiger partial charge in [0.25, 0.3) is 0 Å². The summed E-state index contributed by atoms with van der Waals surface area (Å²) >= 11 is 0. The molecule has 25 rings (SSSR count). The number of aromatic nitrogens is 20. The smallest absolute Gasteiger partial charge is 0.243 e. The third-order valence-corrected chi connectivity index (χ3v) is 24.5. The molecule has 5 aromatic carbocycles. The van der Waals surface area contributed by atoms with Crippen LogP contribution in [0.5, 0.6) is 57.5 Å². The molecule has 0 N–H and O–H groups in total. The van der Waals surface area contributed by atoms with E-state index in [1.165, 1.54) is 0 Å². The number of aryl methyl sites for hydroxylation is 20. The van der Waals surface area contributed by atoms with Crippen LogP contribution in [0.15, 0.2) is 248 Å². The van der Waals surface area contributed by atoms with Crippen molar-refractivity contribution in [3.05, 3.63) is 304 Å². The van der Waals surface area contributed by atoms with E-state index in [2.05, 4.69) is 410 Å². The lowest BCUT2D eigenvalue weighted by Gasteiger charge is -2.22. The topological polar surface area (TPSA) is 180 Å². The molecule has 30 heteroatoms. The van der Waals surface area contributed by atoms with Gasteiger partial charge in [0.1, 0.15) is 181 Å². The summed E-state index contributed by atoms with van der Waals surface area (Å²) in [6.07, 6.45) is 72.5. The van der Waals surface area contributed by atoms with E-state index >= 15 is 0 Å². The van der Waals surface area contributed by atoms with Crippen LogP contribution in [0, 0.1) is 0 Å². The third-order valence-electron chi connectivity index (χ3n) is 24.5. The van der Waals surface area contributed by atoms with Crippen LogP contribution in [0.2, 0.25) is 0 Å². The summed E-state index contributed by atoms with van der Waals surface area (Å²) in [4.78, 5) is 0.